The van der Waals surface area contributed by atoms with Gasteiger partial charge in [-0.2, -0.15) is 4.31 Å². The fraction of sp³-hybridized carbons (Fsp3) is 0.391. The zero-order chi connectivity index (χ0) is 24.9. The van der Waals surface area contributed by atoms with Gasteiger partial charge >= 0.3 is 0 Å². The number of aryl methyl sites for hydroxylation is 1. The maximum Gasteiger partial charge on any atom is 0.243 e. The van der Waals surface area contributed by atoms with Crippen LogP contribution < -0.4 is 14.8 Å². The zero-order valence-electron chi connectivity index (χ0n) is 20.0. The van der Waals surface area contributed by atoms with Crippen molar-refractivity contribution in [1.82, 2.24) is 13.9 Å². The molecule has 0 unspecified atom stereocenters. The predicted octanol–water partition coefficient (Wildman–Crippen LogP) is 3.83. The number of hydrogen-bond donors (Lipinski definition) is 1. The molecule has 184 valence electrons. The molecule has 1 amide bonds. The molecule has 1 heterocycles. The first-order valence-electron chi connectivity index (χ1n) is 10.9. The first-order valence-corrected chi connectivity index (χ1v) is 13.4. The summed E-state index contributed by atoms with van der Waals surface area (Å²) in [5.74, 6) is 1.05. The van der Waals surface area contributed by atoms with E-state index in [1.807, 2.05) is 25.3 Å². The number of fused-ring (bicyclic) bond motifs is 1. The summed E-state index contributed by atoms with van der Waals surface area (Å²) in [6, 6.07) is 10.1. The lowest BCUT2D eigenvalue weighted by Crippen LogP contribution is -2.30. The normalized spacial score (nSPS) is 11.7. The summed E-state index contributed by atoms with van der Waals surface area (Å²) in [7, 11) is -0.495. The molecule has 0 atom stereocenters. The molecular weight excluding hydrogens is 476 g/mol. The van der Waals surface area contributed by atoms with Crippen molar-refractivity contribution in [3.05, 3.63) is 36.4 Å². The van der Waals surface area contributed by atoms with Crippen LogP contribution in [0.2, 0.25) is 0 Å². The van der Waals surface area contributed by atoms with Gasteiger partial charge in [-0.05, 0) is 37.3 Å². The number of methoxy groups -OCH3 is 2. The number of rotatable bonds is 11. The van der Waals surface area contributed by atoms with E-state index in [4.69, 9.17) is 9.47 Å². The summed E-state index contributed by atoms with van der Waals surface area (Å²) in [4.78, 5) is 17.4. The van der Waals surface area contributed by atoms with Gasteiger partial charge in [0.1, 0.15) is 0 Å². The summed E-state index contributed by atoms with van der Waals surface area (Å²) < 4.78 is 39.7. The van der Waals surface area contributed by atoms with Gasteiger partial charge in [0, 0.05) is 31.4 Å². The number of imidazole rings is 1. The van der Waals surface area contributed by atoms with Crippen LogP contribution in [-0.2, 0) is 21.4 Å². The Balaban J connectivity index is 1.79. The van der Waals surface area contributed by atoms with E-state index in [1.165, 1.54) is 23.2 Å². The summed E-state index contributed by atoms with van der Waals surface area (Å²) in [6.45, 7) is 7.04. The largest absolute Gasteiger partial charge is 0.493 e. The minimum Gasteiger partial charge on any atom is -0.493 e. The molecule has 0 bridgehead atoms. The first kappa shape index (κ1) is 25.9. The number of carbonyl (C=O) groups excluding carboxylic acids is 1. The highest BCUT2D eigenvalue weighted by Crippen LogP contribution is 2.30. The van der Waals surface area contributed by atoms with Crippen molar-refractivity contribution in [2.45, 2.75) is 37.4 Å². The van der Waals surface area contributed by atoms with Crippen molar-refractivity contribution >= 4 is 44.4 Å². The van der Waals surface area contributed by atoms with Crippen LogP contribution in [0.1, 0.15) is 20.8 Å². The second kappa shape index (κ2) is 11.1. The second-order valence-electron chi connectivity index (χ2n) is 7.29. The number of sulfonamides is 1. The number of aromatic nitrogens is 2. The lowest BCUT2D eigenvalue weighted by Gasteiger charge is -2.18. The highest BCUT2D eigenvalue weighted by Gasteiger charge is 2.23. The van der Waals surface area contributed by atoms with Crippen LogP contribution in [0.5, 0.6) is 11.5 Å². The second-order valence-corrected chi connectivity index (χ2v) is 10.2. The fourth-order valence-electron chi connectivity index (χ4n) is 3.62. The molecular formula is C23H30N4O5S2. The number of amides is 1. The van der Waals surface area contributed by atoms with Gasteiger partial charge in [0.2, 0.25) is 15.9 Å². The Morgan fingerprint density at radius 1 is 1.06 bits per heavy atom. The Hall–Kier alpha value is -2.76. The molecule has 0 aliphatic carbocycles. The third kappa shape index (κ3) is 5.31. The van der Waals surface area contributed by atoms with Gasteiger partial charge in [0.15, 0.2) is 16.7 Å². The van der Waals surface area contributed by atoms with Crippen LogP contribution >= 0.6 is 11.8 Å². The topological polar surface area (TPSA) is 103 Å². The van der Waals surface area contributed by atoms with Crippen molar-refractivity contribution < 1.29 is 22.7 Å². The molecule has 11 heteroatoms. The highest BCUT2D eigenvalue weighted by molar-refractivity contribution is 7.99. The Morgan fingerprint density at radius 3 is 2.38 bits per heavy atom. The van der Waals surface area contributed by atoms with E-state index in [0.29, 0.717) is 47.5 Å². The van der Waals surface area contributed by atoms with E-state index in [9.17, 15) is 13.2 Å². The summed E-state index contributed by atoms with van der Waals surface area (Å²) >= 11 is 1.29. The molecule has 0 radical (unpaired) electrons. The van der Waals surface area contributed by atoms with Crippen LogP contribution in [0.25, 0.3) is 11.0 Å². The van der Waals surface area contributed by atoms with Gasteiger partial charge in [-0.15, -0.1) is 0 Å². The molecule has 9 nitrogen and oxygen atoms in total. The monoisotopic (exact) mass is 506 g/mol. The Bertz CT molecular complexity index is 1270. The molecule has 0 aliphatic heterocycles. The van der Waals surface area contributed by atoms with Crippen LogP contribution in [0, 0.1) is 0 Å². The third-order valence-corrected chi connectivity index (χ3v) is 8.37. The molecule has 0 fully saturated rings. The number of thioether (sulfide) groups is 1. The number of nitrogens with zero attached hydrogens (tertiary/aromatic N) is 3. The van der Waals surface area contributed by atoms with Crippen molar-refractivity contribution in [2.75, 3.05) is 38.4 Å². The molecule has 0 saturated carbocycles. The Labute approximate surface area is 204 Å². The molecule has 0 saturated heterocycles. The first-order chi connectivity index (χ1) is 16.3. The van der Waals surface area contributed by atoms with Gasteiger partial charge in [-0.3, -0.25) is 4.79 Å². The summed E-state index contributed by atoms with van der Waals surface area (Å²) in [5, 5.41) is 3.50. The molecule has 1 N–H and O–H groups in total. The van der Waals surface area contributed by atoms with Gasteiger partial charge in [-0.25, -0.2) is 13.4 Å². The number of hydrogen-bond acceptors (Lipinski definition) is 7. The van der Waals surface area contributed by atoms with E-state index >= 15 is 0 Å². The summed E-state index contributed by atoms with van der Waals surface area (Å²) in [6.07, 6.45) is 0. The number of anilines is 1. The number of benzene rings is 2. The average molecular weight is 507 g/mol. The highest BCUT2D eigenvalue weighted by atomic mass is 32.2. The molecule has 3 rings (SSSR count). The lowest BCUT2D eigenvalue weighted by atomic mass is 10.2. The molecule has 0 spiro atoms. The van der Waals surface area contributed by atoms with Crippen LogP contribution in [0.4, 0.5) is 5.69 Å². The van der Waals surface area contributed by atoms with Crippen molar-refractivity contribution in [3.8, 4) is 11.5 Å². The number of carbonyl (C=O) groups is 1. The van der Waals surface area contributed by atoms with Crippen LogP contribution in [0.3, 0.4) is 0 Å². The molecule has 1 aromatic heterocycles. The predicted molar refractivity (Wildman–Crippen MR) is 134 cm³/mol. The third-order valence-electron chi connectivity index (χ3n) is 5.34. The van der Waals surface area contributed by atoms with Gasteiger partial charge in [0.05, 0.1) is 35.9 Å². The smallest absolute Gasteiger partial charge is 0.243 e. The van der Waals surface area contributed by atoms with Gasteiger partial charge < -0.3 is 19.4 Å². The van der Waals surface area contributed by atoms with Gasteiger partial charge in [0.25, 0.3) is 0 Å². The minimum atomic E-state index is -3.58. The van der Waals surface area contributed by atoms with E-state index in [-0.39, 0.29) is 16.6 Å². The number of nitrogens with one attached hydrogen (secondary N) is 1. The quantitative estimate of drug-likeness (QED) is 0.394. The molecule has 34 heavy (non-hydrogen) atoms. The van der Waals surface area contributed by atoms with E-state index < -0.39 is 10.0 Å². The van der Waals surface area contributed by atoms with Crippen LogP contribution in [-0.4, -0.2) is 61.2 Å². The standard InChI is InChI=1S/C23H30N4O5S2/c1-6-26(7-2)34(29,30)17-10-11-19-18(14-17)25-23(27(19)8-3)33-15-22(28)24-16-9-12-20(31-4)21(13-16)32-5/h9-14H,6-8,15H2,1-5H3,(H,24,28). The SMILES string of the molecule is CCN(CC)S(=O)(=O)c1ccc2c(c1)nc(SCC(=O)Nc1ccc(OC)c(OC)c1)n2CC. The number of ether oxygens (including phenoxy) is 2. The van der Waals surface area contributed by atoms with Gasteiger partial charge in [-0.1, -0.05) is 25.6 Å². The van der Waals surface area contributed by atoms with Crippen molar-refractivity contribution in [2.24, 2.45) is 0 Å². The Morgan fingerprint density at radius 2 is 1.76 bits per heavy atom. The van der Waals surface area contributed by atoms with Crippen LogP contribution in [0.15, 0.2) is 46.5 Å². The van der Waals surface area contributed by atoms with Crippen molar-refractivity contribution in [3.63, 3.8) is 0 Å². The van der Waals surface area contributed by atoms with Crippen molar-refractivity contribution in [1.29, 1.82) is 0 Å². The molecule has 2 aromatic carbocycles. The zero-order valence-corrected chi connectivity index (χ0v) is 21.6. The average Bonchev–Trinajstić information content (AvgIpc) is 3.20. The Kier molecular flexibility index (Phi) is 8.45. The minimum absolute atomic E-state index is 0.141. The van der Waals surface area contributed by atoms with E-state index in [2.05, 4.69) is 10.3 Å². The molecule has 0 aliphatic rings. The van der Waals surface area contributed by atoms with E-state index in [0.717, 1.165) is 5.52 Å². The maximum atomic E-state index is 12.9. The van der Waals surface area contributed by atoms with E-state index in [1.54, 1.807) is 43.5 Å². The lowest BCUT2D eigenvalue weighted by molar-refractivity contribution is -0.113. The fourth-order valence-corrected chi connectivity index (χ4v) is 5.97. The summed E-state index contributed by atoms with van der Waals surface area (Å²) in [5.41, 5.74) is 2.00. The molecule has 3 aromatic rings. The maximum absolute atomic E-state index is 12.9.